The van der Waals surface area contributed by atoms with Gasteiger partial charge in [0.05, 0.1) is 4.90 Å². The maximum Gasteiger partial charge on any atom is 0.234 e. The van der Waals surface area contributed by atoms with E-state index in [1.54, 1.807) is 18.2 Å². The van der Waals surface area contributed by atoms with E-state index in [1.807, 2.05) is 0 Å². The summed E-state index contributed by atoms with van der Waals surface area (Å²) >= 11 is 12.2. The number of halogens is 2. The Labute approximate surface area is 130 Å². The van der Waals surface area contributed by atoms with Crippen molar-refractivity contribution in [1.29, 1.82) is 0 Å². The van der Waals surface area contributed by atoms with Crippen LogP contribution >= 0.6 is 23.2 Å². The minimum atomic E-state index is -3.77. The zero-order valence-electron chi connectivity index (χ0n) is 11.2. The van der Waals surface area contributed by atoms with Crippen molar-refractivity contribution in [2.45, 2.75) is 46.7 Å². The standard InChI is InChI=1S/C14H19Cl2NO2S/c15-14(16,11-17-12-7-3-1-4-8-12)20(18,19)13-9-5-2-6-10-13/h2,5-6,9-10,12,17H,1,3-4,7-8,11H2. The van der Waals surface area contributed by atoms with Crippen LogP contribution in [0.25, 0.3) is 0 Å². The molecule has 0 bridgehead atoms. The first-order chi connectivity index (χ1) is 9.43. The fourth-order valence-electron chi connectivity index (χ4n) is 2.44. The molecule has 0 saturated heterocycles. The summed E-state index contributed by atoms with van der Waals surface area (Å²) in [6.45, 7) is 0.0397. The molecule has 20 heavy (non-hydrogen) atoms. The van der Waals surface area contributed by atoms with Gasteiger partial charge < -0.3 is 5.32 Å². The molecule has 0 atom stereocenters. The van der Waals surface area contributed by atoms with Gasteiger partial charge >= 0.3 is 0 Å². The van der Waals surface area contributed by atoms with Crippen LogP contribution in [0.4, 0.5) is 0 Å². The first-order valence-corrected chi connectivity index (χ1v) is 9.08. The van der Waals surface area contributed by atoms with E-state index >= 15 is 0 Å². The molecule has 0 heterocycles. The van der Waals surface area contributed by atoms with Crippen LogP contribution < -0.4 is 5.32 Å². The fourth-order valence-corrected chi connectivity index (χ4v) is 4.26. The van der Waals surface area contributed by atoms with Crippen molar-refractivity contribution in [3.8, 4) is 0 Å². The van der Waals surface area contributed by atoms with Gasteiger partial charge in [0.1, 0.15) is 0 Å². The Morgan fingerprint density at radius 2 is 1.70 bits per heavy atom. The van der Waals surface area contributed by atoms with Crippen molar-refractivity contribution in [2.75, 3.05) is 6.54 Å². The van der Waals surface area contributed by atoms with Crippen molar-refractivity contribution in [2.24, 2.45) is 0 Å². The molecule has 2 rings (SSSR count). The van der Waals surface area contributed by atoms with Crippen molar-refractivity contribution >= 4 is 33.0 Å². The second-order valence-corrected chi connectivity index (χ2v) is 9.28. The molecule has 0 spiro atoms. The van der Waals surface area contributed by atoms with Crippen molar-refractivity contribution < 1.29 is 8.42 Å². The van der Waals surface area contributed by atoms with Gasteiger partial charge in [-0.15, -0.1) is 0 Å². The number of sulfone groups is 1. The third-order valence-corrected chi connectivity index (χ3v) is 6.96. The third-order valence-electron chi connectivity index (χ3n) is 3.65. The molecule has 1 fully saturated rings. The van der Waals surface area contributed by atoms with Crippen LogP contribution in [-0.2, 0) is 9.84 Å². The lowest BCUT2D eigenvalue weighted by atomic mass is 9.96. The van der Waals surface area contributed by atoms with Gasteiger partial charge in [-0.1, -0.05) is 60.7 Å². The average Bonchev–Trinajstić information content (AvgIpc) is 2.47. The first kappa shape index (κ1) is 16.1. The van der Waals surface area contributed by atoms with Crippen LogP contribution in [0.5, 0.6) is 0 Å². The molecule has 1 aromatic carbocycles. The molecule has 6 heteroatoms. The van der Waals surface area contributed by atoms with E-state index < -0.39 is 13.5 Å². The highest BCUT2D eigenvalue weighted by molar-refractivity contribution is 7.95. The second-order valence-electron chi connectivity index (χ2n) is 5.17. The number of hydrogen-bond acceptors (Lipinski definition) is 3. The summed E-state index contributed by atoms with van der Waals surface area (Å²) in [5.74, 6) is 0. The van der Waals surface area contributed by atoms with Crippen LogP contribution in [-0.4, -0.2) is 24.7 Å². The molecule has 3 nitrogen and oxygen atoms in total. The summed E-state index contributed by atoms with van der Waals surface area (Å²) in [6, 6.07) is 8.40. The van der Waals surface area contributed by atoms with E-state index in [0.29, 0.717) is 6.04 Å². The molecule has 0 aromatic heterocycles. The maximum atomic E-state index is 12.4. The van der Waals surface area contributed by atoms with Gasteiger partial charge in [-0.3, -0.25) is 0 Å². The number of benzene rings is 1. The first-order valence-electron chi connectivity index (χ1n) is 6.84. The molecule has 0 unspecified atom stereocenters. The number of rotatable bonds is 5. The Morgan fingerprint density at radius 1 is 1.10 bits per heavy atom. The van der Waals surface area contributed by atoms with E-state index in [2.05, 4.69) is 5.32 Å². The van der Waals surface area contributed by atoms with Crippen LogP contribution in [0.1, 0.15) is 32.1 Å². The molecular formula is C14H19Cl2NO2S. The Bertz CT molecular complexity index is 525. The van der Waals surface area contributed by atoms with Gasteiger partial charge in [-0.05, 0) is 25.0 Å². The average molecular weight is 336 g/mol. The minimum Gasteiger partial charge on any atom is -0.310 e. The van der Waals surface area contributed by atoms with Gasteiger partial charge in [0.25, 0.3) is 0 Å². The number of hydrogen-bond donors (Lipinski definition) is 1. The molecule has 112 valence electrons. The van der Waals surface area contributed by atoms with E-state index in [9.17, 15) is 8.42 Å². The molecule has 1 aliphatic rings. The van der Waals surface area contributed by atoms with Crippen LogP contribution in [0.2, 0.25) is 0 Å². The Morgan fingerprint density at radius 3 is 2.30 bits per heavy atom. The molecule has 1 aromatic rings. The predicted octanol–water partition coefficient (Wildman–Crippen LogP) is 3.51. The van der Waals surface area contributed by atoms with E-state index in [1.165, 1.54) is 31.4 Å². The van der Waals surface area contributed by atoms with Gasteiger partial charge in [0, 0.05) is 12.6 Å². The topological polar surface area (TPSA) is 46.2 Å². The molecule has 0 amide bonds. The zero-order valence-corrected chi connectivity index (χ0v) is 13.5. The highest BCUT2D eigenvalue weighted by atomic mass is 35.5. The summed E-state index contributed by atoms with van der Waals surface area (Å²) in [5, 5.41) is 3.19. The normalized spacial score (nSPS) is 18.1. The van der Waals surface area contributed by atoms with Crippen molar-refractivity contribution in [3.63, 3.8) is 0 Å². The Hall–Kier alpha value is -0.290. The van der Waals surface area contributed by atoms with E-state index in [4.69, 9.17) is 23.2 Å². The predicted molar refractivity (Wildman–Crippen MR) is 82.9 cm³/mol. The Kier molecular flexibility index (Phi) is 5.35. The van der Waals surface area contributed by atoms with E-state index in [-0.39, 0.29) is 11.4 Å². The van der Waals surface area contributed by atoms with Crippen molar-refractivity contribution in [3.05, 3.63) is 30.3 Å². The highest BCUT2D eigenvalue weighted by Crippen LogP contribution is 2.33. The van der Waals surface area contributed by atoms with E-state index in [0.717, 1.165) is 12.8 Å². The zero-order chi connectivity index (χ0) is 14.6. The summed E-state index contributed by atoms with van der Waals surface area (Å²) in [7, 11) is -3.77. The number of alkyl halides is 2. The fraction of sp³-hybridized carbons (Fsp3) is 0.571. The van der Waals surface area contributed by atoms with Crippen LogP contribution in [0.3, 0.4) is 0 Å². The summed E-state index contributed by atoms with van der Waals surface area (Å²) in [4.78, 5) is 0.149. The monoisotopic (exact) mass is 335 g/mol. The highest BCUT2D eigenvalue weighted by Gasteiger charge is 2.41. The van der Waals surface area contributed by atoms with Crippen molar-refractivity contribution in [1.82, 2.24) is 5.32 Å². The molecule has 1 N–H and O–H groups in total. The molecule has 1 saturated carbocycles. The molecule has 0 aliphatic heterocycles. The number of nitrogens with one attached hydrogen (secondary N) is 1. The quantitative estimate of drug-likeness (QED) is 0.837. The SMILES string of the molecule is O=S(=O)(c1ccccc1)C(Cl)(Cl)CNC1CCCCC1. The lowest BCUT2D eigenvalue weighted by Gasteiger charge is -2.27. The lowest BCUT2D eigenvalue weighted by Crippen LogP contribution is -2.43. The second kappa shape index (κ2) is 6.65. The smallest absolute Gasteiger partial charge is 0.234 e. The Balaban J connectivity index is 2.05. The molecule has 0 radical (unpaired) electrons. The summed E-state index contributed by atoms with van der Waals surface area (Å²) < 4.78 is 23.0. The van der Waals surface area contributed by atoms with Crippen LogP contribution in [0.15, 0.2) is 35.2 Å². The van der Waals surface area contributed by atoms with Crippen LogP contribution in [0, 0.1) is 0 Å². The summed E-state index contributed by atoms with van der Waals surface area (Å²) in [6.07, 6.45) is 5.68. The molecular weight excluding hydrogens is 317 g/mol. The van der Waals surface area contributed by atoms with Gasteiger partial charge in [0.15, 0.2) is 0 Å². The molecule has 1 aliphatic carbocycles. The lowest BCUT2D eigenvalue weighted by molar-refractivity contribution is 0.376. The minimum absolute atomic E-state index is 0.0397. The summed E-state index contributed by atoms with van der Waals surface area (Å²) in [5.41, 5.74) is 0. The maximum absolute atomic E-state index is 12.4. The third kappa shape index (κ3) is 3.67. The van der Waals surface area contributed by atoms with Gasteiger partial charge in [-0.2, -0.15) is 0 Å². The largest absolute Gasteiger partial charge is 0.310 e. The van der Waals surface area contributed by atoms with Gasteiger partial charge in [0.2, 0.25) is 13.5 Å². The van der Waals surface area contributed by atoms with Gasteiger partial charge in [-0.25, -0.2) is 8.42 Å².